The number of nitrogens with two attached hydrogens (primary N) is 1. The SMILES string of the molecule is NC(=O)c1cc(Cl)cc(CS(=O)(=O)Nc2ncc(Cl)cc2O)c1. The zero-order chi connectivity index (χ0) is 17.2. The molecule has 0 aliphatic carbocycles. The van der Waals surface area contributed by atoms with Gasteiger partial charge in [-0.25, -0.2) is 13.4 Å². The molecule has 4 N–H and O–H groups in total. The molecule has 2 rings (SSSR count). The zero-order valence-electron chi connectivity index (χ0n) is 11.5. The summed E-state index contributed by atoms with van der Waals surface area (Å²) in [7, 11) is -3.91. The fraction of sp³-hybridized carbons (Fsp3) is 0.0769. The number of pyridine rings is 1. The summed E-state index contributed by atoms with van der Waals surface area (Å²) in [6.45, 7) is 0. The third-order valence-corrected chi connectivity index (χ3v) is 4.33. The summed E-state index contributed by atoms with van der Waals surface area (Å²) < 4.78 is 26.4. The minimum absolute atomic E-state index is 0.0927. The van der Waals surface area contributed by atoms with Crippen molar-refractivity contribution in [2.75, 3.05) is 4.72 Å². The fourth-order valence-electron chi connectivity index (χ4n) is 1.79. The largest absolute Gasteiger partial charge is 0.504 e. The summed E-state index contributed by atoms with van der Waals surface area (Å²) in [5.41, 5.74) is 5.50. The van der Waals surface area contributed by atoms with Gasteiger partial charge in [-0.1, -0.05) is 23.2 Å². The Hall–Kier alpha value is -2.03. The summed E-state index contributed by atoms with van der Waals surface area (Å²) in [5.74, 6) is -1.88. The second-order valence-electron chi connectivity index (χ2n) is 4.59. The molecule has 0 bridgehead atoms. The van der Waals surface area contributed by atoms with E-state index in [1.54, 1.807) is 0 Å². The lowest BCUT2D eigenvalue weighted by Gasteiger charge is -2.10. The third kappa shape index (κ3) is 4.72. The van der Waals surface area contributed by atoms with E-state index < -0.39 is 27.4 Å². The van der Waals surface area contributed by atoms with Crippen LogP contribution in [0.1, 0.15) is 15.9 Å². The number of carbonyl (C=O) groups excluding carboxylic acids is 1. The van der Waals surface area contributed by atoms with Gasteiger partial charge in [0.1, 0.15) is 0 Å². The maximum Gasteiger partial charge on any atom is 0.248 e. The van der Waals surface area contributed by atoms with E-state index in [4.69, 9.17) is 28.9 Å². The van der Waals surface area contributed by atoms with Gasteiger partial charge in [0.2, 0.25) is 15.9 Å². The number of amides is 1. The summed E-state index contributed by atoms with van der Waals surface area (Å²) >= 11 is 11.5. The van der Waals surface area contributed by atoms with Crippen LogP contribution in [0.2, 0.25) is 10.0 Å². The first-order valence-corrected chi connectivity index (χ1v) is 8.51. The molecule has 1 heterocycles. The molecule has 0 aliphatic rings. The van der Waals surface area contributed by atoms with Crippen molar-refractivity contribution >= 4 is 45.0 Å². The highest BCUT2D eigenvalue weighted by molar-refractivity contribution is 7.91. The van der Waals surface area contributed by atoms with Crippen molar-refractivity contribution in [2.45, 2.75) is 5.75 Å². The van der Waals surface area contributed by atoms with Gasteiger partial charge in [0.25, 0.3) is 0 Å². The second kappa shape index (κ2) is 6.61. The van der Waals surface area contributed by atoms with Crippen molar-refractivity contribution in [3.05, 3.63) is 51.6 Å². The lowest BCUT2D eigenvalue weighted by molar-refractivity contribution is 0.1000. The number of rotatable bonds is 5. The quantitative estimate of drug-likeness (QED) is 0.738. The summed E-state index contributed by atoms with van der Waals surface area (Å²) in [4.78, 5) is 14.9. The van der Waals surface area contributed by atoms with Crippen molar-refractivity contribution < 1.29 is 18.3 Å². The summed E-state index contributed by atoms with van der Waals surface area (Å²) in [6.07, 6.45) is 1.18. The van der Waals surface area contributed by atoms with Crippen LogP contribution in [0.15, 0.2) is 30.5 Å². The van der Waals surface area contributed by atoms with Gasteiger partial charge in [-0.2, -0.15) is 0 Å². The lowest BCUT2D eigenvalue weighted by Crippen LogP contribution is -2.17. The predicted molar refractivity (Wildman–Crippen MR) is 87.1 cm³/mol. The van der Waals surface area contributed by atoms with E-state index in [0.717, 1.165) is 6.07 Å². The summed E-state index contributed by atoms with van der Waals surface area (Å²) in [6, 6.07) is 5.20. The van der Waals surface area contributed by atoms with E-state index in [1.165, 1.54) is 24.4 Å². The normalized spacial score (nSPS) is 11.2. The predicted octanol–water partition coefficient (Wildman–Crippen LogP) is 2.13. The number of aromatic nitrogens is 1. The Morgan fingerprint density at radius 3 is 2.52 bits per heavy atom. The van der Waals surface area contributed by atoms with Crippen LogP contribution in [0, 0.1) is 0 Å². The summed E-state index contributed by atoms with van der Waals surface area (Å²) in [5, 5.41) is 9.96. The molecular weight excluding hydrogens is 365 g/mol. The molecule has 2 aromatic rings. The Kier molecular flexibility index (Phi) is 4.98. The van der Waals surface area contributed by atoms with Gasteiger partial charge in [-0.15, -0.1) is 0 Å². The minimum atomic E-state index is -3.91. The maximum atomic E-state index is 12.1. The minimum Gasteiger partial charge on any atom is -0.504 e. The number of carbonyl (C=O) groups is 1. The number of benzene rings is 1. The van der Waals surface area contributed by atoms with E-state index >= 15 is 0 Å². The van der Waals surface area contributed by atoms with Crippen molar-refractivity contribution in [3.63, 3.8) is 0 Å². The highest BCUT2D eigenvalue weighted by Gasteiger charge is 2.17. The number of hydrogen-bond acceptors (Lipinski definition) is 5. The number of anilines is 1. The topological polar surface area (TPSA) is 122 Å². The maximum absolute atomic E-state index is 12.1. The van der Waals surface area contributed by atoms with Crippen LogP contribution in [0.5, 0.6) is 5.75 Å². The average Bonchev–Trinajstić information content (AvgIpc) is 2.40. The van der Waals surface area contributed by atoms with Crippen molar-refractivity contribution in [2.24, 2.45) is 5.73 Å². The number of nitrogens with zero attached hydrogens (tertiary/aromatic N) is 1. The monoisotopic (exact) mass is 375 g/mol. The molecule has 0 unspecified atom stereocenters. The first-order chi connectivity index (χ1) is 10.7. The molecule has 10 heteroatoms. The van der Waals surface area contributed by atoms with Gasteiger partial charge in [-0.3, -0.25) is 9.52 Å². The van der Waals surface area contributed by atoms with E-state index in [1.807, 2.05) is 0 Å². The van der Waals surface area contributed by atoms with E-state index in [-0.39, 0.29) is 27.0 Å². The van der Waals surface area contributed by atoms with E-state index in [9.17, 15) is 18.3 Å². The third-order valence-electron chi connectivity index (χ3n) is 2.69. The Balaban J connectivity index is 2.26. The zero-order valence-corrected chi connectivity index (χ0v) is 13.8. The number of halogens is 2. The molecule has 0 saturated carbocycles. The van der Waals surface area contributed by atoms with Crippen LogP contribution >= 0.6 is 23.2 Å². The van der Waals surface area contributed by atoms with Gasteiger partial charge in [-0.05, 0) is 23.8 Å². The molecule has 1 aromatic carbocycles. The number of nitrogens with one attached hydrogen (secondary N) is 1. The Morgan fingerprint density at radius 2 is 1.91 bits per heavy atom. The molecule has 7 nitrogen and oxygen atoms in total. The Labute approximate surface area is 142 Å². The number of aromatic hydroxyl groups is 1. The molecule has 0 fully saturated rings. The molecule has 1 amide bonds. The van der Waals surface area contributed by atoms with Gasteiger partial charge in [0.05, 0.1) is 10.8 Å². The van der Waals surface area contributed by atoms with Crippen LogP contribution in [0.4, 0.5) is 5.82 Å². The molecular formula is C13H11Cl2N3O4S. The van der Waals surface area contributed by atoms with Gasteiger partial charge in [0.15, 0.2) is 11.6 Å². The fourth-order valence-corrected chi connectivity index (χ4v) is 3.33. The van der Waals surface area contributed by atoms with E-state index in [2.05, 4.69) is 9.71 Å². The van der Waals surface area contributed by atoms with Gasteiger partial charge >= 0.3 is 0 Å². The Bertz CT molecular complexity index is 872. The van der Waals surface area contributed by atoms with Gasteiger partial charge < -0.3 is 10.8 Å². The van der Waals surface area contributed by atoms with Crippen LogP contribution in [0.25, 0.3) is 0 Å². The molecule has 23 heavy (non-hydrogen) atoms. The Morgan fingerprint density at radius 1 is 1.22 bits per heavy atom. The highest BCUT2D eigenvalue weighted by atomic mass is 35.5. The second-order valence-corrected chi connectivity index (χ2v) is 7.19. The van der Waals surface area contributed by atoms with Crippen LogP contribution in [-0.2, 0) is 15.8 Å². The van der Waals surface area contributed by atoms with Crippen LogP contribution in [-0.4, -0.2) is 24.4 Å². The lowest BCUT2D eigenvalue weighted by atomic mass is 10.1. The highest BCUT2D eigenvalue weighted by Crippen LogP contribution is 2.25. The number of sulfonamides is 1. The van der Waals surface area contributed by atoms with Crippen LogP contribution in [0.3, 0.4) is 0 Å². The average molecular weight is 376 g/mol. The molecule has 0 saturated heterocycles. The molecule has 1 aromatic heterocycles. The van der Waals surface area contributed by atoms with Crippen molar-refractivity contribution in [3.8, 4) is 5.75 Å². The first kappa shape index (κ1) is 17.3. The van der Waals surface area contributed by atoms with Gasteiger partial charge in [0, 0.05) is 22.8 Å². The number of primary amides is 1. The first-order valence-electron chi connectivity index (χ1n) is 6.10. The number of hydrogen-bond donors (Lipinski definition) is 3. The van der Waals surface area contributed by atoms with Crippen molar-refractivity contribution in [1.29, 1.82) is 0 Å². The van der Waals surface area contributed by atoms with E-state index in [0.29, 0.717) is 0 Å². The van der Waals surface area contributed by atoms with Crippen LogP contribution < -0.4 is 10.5 Å². The standard InChI is InChI=1S/C13H11Cl2N3O4S/c14-9-2-7(1-8(3-9)12(16)20)6-23(21,22)18-13-11(19)4-10(15)5-17-13/h1-5,19H,6H2,(H2,16,20)(H,17,18). The molecule has 0 aliphatic heterocycles. The molecule has 0 spiro atoms. The smallest absolute Gasteiger partial charge is 0.248 e. The molecule has 0 radical (unpaired) electrons. The molecule has 122 valence electrons. The molecule has 0 atom stereocenters. The van der Waals surface area contributed by atoms with Crippen molar-refractivity contribution in [1.82, 2.24) is 4.98 Å².